The number of hydrogen-bond acceptors (Lipinski definition) is 5. The van der Waals surface area contributed by atoms with Crippen molar-refractivity contribution in [2.24, 2.45) is 0 Å². The minimum absolute atomic E-state index is 1.00. The summed E-state index contributed by atoms with van der Waals surface area (Å²) in [6.07, 6.45) is 0. The first-order valence-corrected chi connectivity index (χ1v) is 9.23. The van der Waals surface area contributed by atoms with Gasteiger partial charge in [0.1, 0.15) is 0 Å². The summed E-state index contributed by atoms with van der Waals surface area (Å²) in [5.41, 5.74) is 0. The van der Waals surface area contributed by atoms with Gasteiger partial charge in [0.2, 0.25) is 0 Å². The maximum atomic E-state index is 7.00. The third-order valence-electron chi connectivity index (χ3n) is 1.66. The average molecular weight is 242 g/mol. The lowest BCUT2D eigenvalue weighted by Gasteiger charge is -2.30. The summed E-state index contributed by atoms with van der Waals surface area (Å²) in [4.78, 5) is 0. The fourth-order valence-corrected chi connectivity index (χ4v) is 5.39. The zero-order valence-electron chi connectivity index (χ0n) is 10.1. The molecule has 88 valence electrons. The van der Waals surface area contributed by atoms with Gasteiger partial charge in [0, 0.05) is 35.0 Å². The van der Waals surface area contributed by atoms with Crippen LogP contribution in [-0.4, -0.2) is 50.9 Å². The predicted octanol–water partition coefficient (Wildman–Crippen LogP) is 0.821. The van der Waals surface area contributed by atoms with Gasteiger partial charge >= 0.3 is 17.4 Å². The van der Waals surface area contributed by atoms with Crippen molar-refractivity contribution in [3.05, 3.63) is 0 Å². The Labute approximate surface area is 88.6 Å². The van der Waals surface area contributed by atoms with Crippen molar-refractivity contribution < 1.29 is 22.5 Å². The summed E-state index contributed by atoms with van der Waals surface area (Å²) in [5.74, 6) is 0. The molecule has 0 saturated heterocycles. The normalized spacial score (nSPS) is 12.0. The predicted molar refractivity (Wildman–Crippen MR) is 59.4 cm³/mol. The van der Waals surface area contributed by atoms with Crippen molar-refractivity contribution in [2.45, 2.75) is 19.6 Å². The van der Waals surface area contributed by atoms with Gasteiger partial charge in [-0.25, -0.2) is 0 Å². The molecule has 0 aliphatic rings. The van der Waals surface area contributed by atoms with Crippen LogP contribution in [0.25, 0.3) is 0 Å². The Morgan fingerprint density at radius 2 is 1.14 bits per heavy atom. The van der Waals surface area contributed by atoms with Crippen LogP contribution in [0.1, 0.15) is 0 Å². The lowest BCUT2D eigenvalue weighted by Crippen LogP contribution is -2.50. The molecule has 0 unspecified atom stereocenters. The highest BCUT2D eigenvalue weighted by Crippen LogP contribution is 2.15. The van der Waals surface area contributed by atoms with Crippen LogP contribution in [0.15, 0.2) is 0 Å². The maximum absolute atomic E-state index is 7.00. The zero-order chi connectivity index (χ0) is 11.8. The Hall–Kier alpha value is 0.234. The first-order valence-electron chi connectivity index (χ1n) is 4.19. The zero-order valence-corrected chi connectivity index (χ0v) is 12.1. The average Bonchev–Trinajstić information content (AvgIpc) is 2.20. The fourth-order valence-electron chi connectivity index (χ4n) is 0.655. The third-order valence-corrected chi connectivity index (χ3v) is 7.58. The molecule has 0 atom stereocenters. The number of hydrogen-bond donors (Lipinski definition) is 1. The monoisotopic (exact) mass is 242 g/mol. The van der Waals surface area contributed by atoms with Gasteiger partial charge in [0.25, 0.3) is 0 Å². The van der Waals surface area contributed by atoms with Crippen molar-refractivity contribution >= 4 is 17.4 Å². The molecule has 0 saturated carbocycles. The highest BCUT2D eigenvalue weighted by Gasteiger charge is 2.40. The quantitative estimate of drug-likeness (QED) is 0.723. The molecule has 0 aliphatic heterocycles. The van der Waals surface area contributed by atoms with Crippen molar-refractivity contribution in [3.8, 4) is 0 Å². The third kappa shape index (κ3) is 6.65. The van der Waals surface area contributed by atoms with Crippen molar-refractivity contribution in [2.75, 3.05) is 28.4 Å². The van der Waals surface area contributed by atoms with Crippen LogP contribution in [0.4, 0.5) is 0 Å². The van der Waals surface area contributed by atoms with Gasteiger partial charge in [-0.05, 0) is 13.1 Å². The van der Waals surface area contributed by atoms with E-state index >= 15 is 0 Å². The molecule has 0 radical (unpaired) electrons. The van der Waals surface area contributed by atoms with E-state index in [1.54, 1.807) is 21.3 Å². The second kappa shape index (κ2) is 7.52. The topological polar surface area (TPSA) is 57.2 Å². The van der Waals surface area contributed by atoms with Crippen molar-refractivity contribution in [3.63, 3.8) is 0 Å². The van der Waals surface area contributed by atoms with E-state index in [0.717, 1.165) is 7.11 Å². The minimum atomic E-state index is -2.42. The van der Waals surface area contributed by atoms with Crippen LogP contribution in [0.3, 0.4) is 0 Å². The van der Waals surface area contributed by atoms with E-state index in [1.807, 2.05) is 19.6 Å². The summed E-state index contributed by atoms with van der Waals surface area (Å²) in [7, 11) is 1.37. The van der Waals surface area contributed by atoms with E-state index in [1.165, 1.54) is 0 Å². The summed E-state index contributed by atoms with van der Waals surface area (Å²) < 4.78 is 21.3. The Morgan fingerprint density at radius 1 is 0.786 bits per heavy atom. The first kappa shape index (κ1) is 16.7. The lowest BCUT2D eigenvalue weighted by molar-refractivity contribution is 0.145. The molecule has 0 bridgehead atoms. The van der Waals surface area contributed by atoms with E-state index in [0.29, 0.717) is 0 Å². The first-order chi connectivity index (χ1) is 6.39. The van der Waals surface area contributed by atoms with Crippen LogP contribution >= 0.6 is 0 Å². The number of aliphatic hydroxyl groups excluding tert-OH is 1. The summed E-state index contributed by atoms with van der Waals surface area (Å²) in [5, 5.41) is 7.00. The molecule has 14 heavy (non-hydrogen) atoms. The van der Waals surface area contributed by atoms with E-state index in [2.05, 4.69) is 0 Å². The SMILES string of the molecule is CO.CO[Si](C)(C)O[Si](C)(OC)OC. The molecule has 0 heterocycles. The molecular weight excluding hydrogens is 220 g/mol. The largest absolute Gasteiger partial charge is 0.488 e. The van der Waals surface area contributed by atoms with Gasteiger partial charge < -0.3 is 22.5 Å². The van der Waals surface area contributed by atoms with Crippen LogP contribution in [0.5, 0.6) is 0 Å². The molecule has 0 aromatic carbocycles. The summed E-state index contributed by atoms with van der Waals surface area (Å²) >= 11 is 0. The molecule has 7 heteroatoms. The summed E-state index contributed by atoms with van der Waals surface area (Å²) in [6.45, 7) is 5.76. The standard InChI is InChI=1S/C6H18O4Si2.CH4O/c1-7-11(4,5)10-12(6,8-2)9-3;1-2/h1-6H3;2H,1H3. The van der Waals surface area contributed by atoms with Gasteiger partial charge in [-0.3, -0.25) is 0 Å². The molecule has 0 rings (SSSR count). The van der Waals surface area contributed by atoms with E-state index in [4.69, 9.17) is 22.5 Å². The Morgan fingerprint density at radius 3 is 1.36 bits per heavy atom. The van der Waals surface area contributed by atoms with Crippen molar-refractivity contribution in [1.29, 1.82) is 0 Å². The molecule has 0 aromatic heterocycles. The van der Waals surface area contributed by atoms with Gasteiger partial charge in [-0.2, -0.15) is 0 Å². The van der Waals surface area contributed by atoms with Gasteiger partial charge in [0.05, 0.1) is 0 Å². The molecule has 0 spiro atoms. The number of rotatable bonds is 5. The molecule has 0 aliphatic carbocycles. The molecule has 1 N–H and O–H groups in total. The Bertz CT molecular complexity index is 138. The fraction of sp³-hybridized carbons (Fsp3) is 1.00. The molecule has 0 amide bonds. The second-order valence-corrected chi connectivity index (χ2v) is 9.54. The Kier molecular flexibility index (Phi) is 8.94. The minimum Gasteiger partial charge on any atom is -0.400 e. The van der Waals surface area contributed by atoms with E-state index in [-0.39, 0.29) is 0 Å². The maximum Gasteiger partial charge on any atom is 0.488 e. The molecular formula is C7H22O5Si2. The van der Waals surface area contributed by atoms with Gasteiger partial charge in [-0.1, -0.05) is 0 Å². The summed E-state index contributed by atoms with van der Waals surface area (Å²) in [6, 6.07) is 0. The van der Waals surface area contributed by atoms with Crippen LogP contribution < -0.4 is 0 Å². The van der Waals surface area contributed by atoms with E-state index < -0.39 is 17.4 Å². The smallest absolute Gasteiger partial charge is 0.400 e. The van der Waals surface area contributed by atoms with E-state index in [9.17, 15) is 0 Å². The lowest BCUT2D eigenvalue weighted by atomic mass is 11.8. The molecule has 5 nitrogen and oxygen atoms in total. The van der Waals surface area contributed by atoms with Crippen LogP contribution in [-0.2, 0) is 17.4 Å². The van der Waals surface area contributed by atoms with Crippen molar-refractivity contribution in [1.82, 2.24) is 0 Å². The van der Waals surface area contributed by atoms with Crippen LogP contribution in [0, 0.1) is 0 Å². The Balaban J connectivity index is 0. The highest BCUT2D eigenvalue weighted by molar-refractivity contribution is 6.76. The van der Waals surface area contributed by atoms with Crippen LogP contribution in [0.2, 0.25) is 19.6 Å². The highest BCUT2D eigenvalue weighted by atomic mass is 28.5. The van der Waals surface area contributed by atoms with Gasteiger partial charge in [0.15, 0.2) is 0 Å². The molecule has 0 aromatic rings. The molecule has 0 fully saturated rings. The second-order valence-electron chi connectivity index (χ2n) is 2.98. The number of aliphatic hydroxyl groups is 1. The van der Waals surface area contributed by atoms with Gasteiger partial charge in [-0.15, -0.1) is 0 Å².